The molecular weight excluding hydrogens is 186 g/mol. The predicted octanol–water partition coefficient (Wildman–Crippen LogP) is 0.899. The van der Waals surface area contributed by atoms with Crippen molar-refractivity contribution in [1.29, 1.82) is 0 Å². The molecule has 0 atom stereocenters. The fraction of sp³-hybridized carbons (Fsp3) is 0.778. The van der Waals surface area contributed by atoms with Gasteiger partial charge < -0.3 is 19.1 Å². The van der Waals surface area contributed by atoms with E-state index >= 15 is 0 Å². The highest BCUT2D eigenvalue weighted by molar-refractivity contribution is 5.67. The van der Waals surface area contributed by atoms with Crippen LogP contribution in [0, 0.1) is 6.61 Å². The summed E-state index contributed by atoms with van der Waals surface area (Å²) in [5.74, 6) is 0. The molecule has 1 amide bonds. The first-order valence-corrected chi connectivity index (χ1v) is 4.47. The van der Waals surface area contributed by atoms with Gasteiger partial charge >= 0.3 is 6.09 Å². The van der Waals surface area contributed by atoms with E-state index in [9.17, 15) is 4.79 Å². The molecule has 0 aromatic heterocycles. The molecule has 0 aliphatic carbocycles. The molecular formula is C9H18NO4. The molecule has 5 heteroatoms. The minimum absolute atomic E-state index is 0.374. The lowest BCUT2D eigenvalue weighted by atomic mass is 10.5. The number of amides is 1. The minimum Gasteiger partial charge on any atom is -0.442 e. The van der Waals surface area contributed by atoms with Crippen LogP contribution in [0.4, 0.5) is 4.79 Å². The van der Waals surface area contributed by atoms with E-state index in [2.05, 4.69) is 0 Å². The Kier molecular flexibility index (Phi) is 8.27. The minimum atomic E-state index is -0.374. The molecule has 5 nitrogen and oxygen atoms in total. The summed E-state index contributed by atoms with van der Waals surface area (Å²) >= 11 is 0. The van der Waals surface area contributed by atoms with E-state index in [-0.39, 0.29) is 6.09 Å². The summed E-state index contributed by atoms with van der Waals surface area (Å²) < 4.78 is 14.5. The van der Waals surface area contributed by atoms with E-state index in [0.717, 1.165) is 0 Å². The van der Waals surface area contributed by atoms with Crippen LogP contribution in [0.25, 0.3) is 0 Å². The van der Waals surface area contributed by atoms with Gasteiger partial charge in [-0.15, -0.1) is 0 Å². The average Bonchev–Trinajstić information content (AvgIpc) is 2.18. The number of nitrogens with zero attached hydrogens (tertiary/aromatic N) is 1. The zero-order valence-corrected chi connectivity index (χ0v) is 8.99. The third-order valence-electron chi connectivity index (χ3n) is 1.61. The topological polar surface area (TPSA) is 48.0 Å². The van der Waals surface area contributed by atoms with Gasteiger partial charge in [-0.1, -0.05) is 0 Å². The van der Waals surface area contributed by atoms with Gasteiger partial charge in [0.2, 0.25) is 0 Å². The van der Waals surface area contributed by atoms with Gasteiger partial charge in [0.1, 0.15) is 6.61 Å². The molecule has 0 spiro atoms. The van der Waals surface area contributed by atoms with E-state index < -0.39 is 0 Å². The largest absolute Gasteiger partial charge is 0.442 e. The highest BCUT2D eigenvalue weighted by Crippen LogP contribution is 1.96. The van der Waals surface area contributed by atoms with Crippen molar-refractivity contribution < 1.29 is 19.0 Å². The van der Waals surface area contributed by atoms with E-state index in [0.29, 0.717) is 26.3 Å². The van der Waals surface area contributed by atoms with Crippen molar-refractivity contribution in [2.24, 2.45) is 0 Å². The summed E-state index contributed by atoms with van der Waals surface area (Å²) in [6.45, 7) is 5.00. The van der Waals surface area contributed by atoms with Crippen LogP contribution in [0.5, 0.6) is 0 Å². The van der Waals surface area contributed by atoms with E-state index in [1.807, 2.05) is 0 Å². The normalized spacial score (nSPS) is 9.93. The molecule has 83 valence electrons. The molecule has 0 unspecified atom stereocenters. The first kappa shape index (κ1) is 13.2. The van der Waals surface area contributed by atoms with Crippen LogP contribution in [0.15, 0.2) is 0 Å². The van der Waals surface area contributed by atoms with Crippen molar-refractivity contribution in [1.82, 2.24) is 4.90 Å². The molecule has 0 aromatic carbocycles. The van der Waals surface area contributed by atoms with Crippen LogP contribution in [0.1, 0.15) is 6.92 Å². The van der Waals surface area contributed by atoms with Crippen LogP contribution in [0.2, 0.25) is 0 Å². The molecule has 0 aromatic rings. The number of rotatable bonds is 7. The monoisotopic (exact) mass is 204 g/mol. The molecule has 0 heterocycles. The number of hydrogen-bond acceptors (Lipinski definition) is 4. The van der Waals surface area contributed by atoms with Gasteiger partial charge in [-0.05, 0) is 6.92 Å². The Morgan fingerprint density at radius 1 is 1.21 bits per heavy atom. The van der Waals surface area contributed by atoms with Crippen LogP contribution in [-0.4, -0.2) is 51.5 Å². The second-order valence-corrected chi connectivity index (χ2v) is 2.59. The van der Waals surface area contributed by atoms with Gasteiger partial charge in [-0.25, -0.2) is 4.79 Å². The fourth-order valence-electron chi connectivity index (χ4n) is 0.873. The Hall–Kier alpha value is -0.810. The maximum absolute atomic E-state index is 11.3. The van der Waals surface area contributed by atoms with Crippen molar-refractivity contribution in [2.45, 2.75) is 6.92 Å². The molecule has 0 aliphatic heterocycles. The highest BCUT2D eigenvalue weighted by Gasteiger charge is 2.13. The van der Waals surface area contributed by atoms with Gasteiger partial charge in [0.15, 0.2) is 0 Å². The predicted molar refractivity (Wildman–Crippen MR) is 51.8 cm³/mol. The fourth-order valence-corrected chi connectivity index (χ4v) is 0.873. The van der Waals surface area contributed by atoms with Crippen molar-refractivity contribution in [3.8, 4) is 0 Å². The molecule has 0 saturated heterocycles. The Morgan fingerprint density at radius 2 is 1.71 bits per heavy atom. The van der Waals surface area contributed by atoms with Gasteiger partial charge in [-0.2, -0.15) is 0 Å². The molecule has 1 radical (unpaired) electrons. The lowest BCUT2D eigenvalue weighted by molar-refractivity contribution is 0.0875. The number of methoxy groups -OCH3 is 2. The zero-order valence-electron chi connectivity index (χ0n) is 8.99. The first-order valence-electron chi connectivity index (χ1n) is 4.47. The molecule has 0 aliphatic rings. The molecule has 0 saturated carbocycles. The molecule has 0 N–H and O–H groups in total. The van der Waals surface area contributed by atoms with E-state index in [1.165, 1.54) is 11.5 Å². The highest BCUT2D eigenvalue weighted by atomic mass is 16.6. The lowest BCUT2D eigenvalue weighted by Gasteiger charge is -2.20. The summed E-state index contributed by atoms with van der Waals surface area (Å²) in [6, 6.07) is 0. The first-order chi connectivity index (χ1) is 6.76. The van der Waals surface area contributed by atoms with Crippen LogP contribution >= 0.6 is 0 Å². The molecule has 0 bridgehead atoms. The average molecular weight is 204 g/mol. The van der Waals surface area contributed by atoms with E-state index in [1.54, 1.807) is 21.1 Å². The van der Waals surface area contributed by atoms with E-state index in [4.69, 9.17) is 14.2 Å². The van der Waals surface area contributed by atoms with Gasteiger partial charge in [0.25, 0.3) is 0 Å². The second kappa shape index (κ2) is 8.77. The third kappa shape index (κ3) is 5.77. The Labute approximate surface area is 84.9 Å². The van der Waals surface area contributed by atoms with Crippen molar-refractivity contribution in [3.05, 3.63) is 6.61 Å². The molecule has 0 rings (SSSR count). The number of hydrogen-bond donors (Lipinski definition) is 0. The number of carbonyl (C=O) groups excluding carboxylic acids is 1. The quantitative estimate of drug-likeness (QED) is 0.618. The van der Waals surface area contributed by atoms with Crippen molar-refractivity contribution in [3.63, 3.8) is 0 Å². The van der Waals surface area contributed by atoms with Crippen molar-refractivity contribution in [2.75, 3.05) is 40.5 Å². The molecule has 14 heavy (non-hydrogen) atoms. The Balaban J connectivity index is 3.88. The second-order valence-electron chi connectivity index (χ2n) is 2.59. The zero-order chi connectivity index (χ0) is 10.8. The number of ether oxygens (including phenoxy) is 3. The SMILES string of the molecule is C[CH]OC(=O)N(CCOC)CCOC. The van der Waals surface area contributed by atoms with Gasteiger partial charge in [0.05, 0.1) is 13.2 Å². The third-order valence-corrected chi connectivity index (χ3v) is 1.61. The summed E-state index contributed by atoms with van der Waals surface area (Å²) in [5, 5.41) is 0. The molecule has 0 fully saturated rings. The van der Waals surface area contributed by atoms with Crippen LogP contribution < -0.4 is 0 Å². The smallest absolute Gasteiger partial charge is 0.410 e. The Morgan fingerprint density at radius 3 is 2.07 bits per heavy atom. The number of carbonyl (C=O) groups is 1. The summed E-state index contributed by atoms with van der Waals surface area (Å²) in [4.78, 5) is 12.9. The van der Waals surface area contributed by atoms with Gasteiger partial charge in [-0.3, -0.25) is 0 Å². The van der Waals surface area contributed by atoms with Crippen LogP contribution in [0.3, 0.4) is 0 Å². The van der Waals surface area contributed by atoms with Crippen LogP contribution in [-0.2, 0) is 14.2 Å². The van der Waals surface area contributed by atoms with Gasteiger partial charge in [0, 0.05) is 27.3 Å². The maximum atomic E-state index is 11.3. The summed E-state index contributed by atoms with van der Waals surface area (Å²) in [5.41, 5.74) is 0. The van der Waals surface area contributed by atoms with Crippen molar-refractivity contribution >= 4 is 6.09 Å². The lowest BCUT2D eigenvalue weighted by Crippen LogP contribution is -2.36. The Bertz CT molecular complexity index is 144. The summed E-state index contributed by atoms with van der Waals surface area (Å²) in [7, 11) is 3.18. The maximum Gasteiger partial charge on any atom is 0.410 e. The summed E-state index contributed by atoms with van der Waals surface area (Å²) in [6.07, 6.45) is -0.374. The standard InChI is InChI=1S/C9H18NO4/c1-4-14-9(11)10(5-7-12-2)6-8-13-3/h4H,5-8H2,1-3H3.